The lowest BCUT2D eigenvalue weighted by atomic mass is 10.1. The highest BCUT2D eigenvalue weighted by molar-refractivity contribution is 7.98. The summed E-state index contributed by atoms with van der Waals surface area (Å²) in [6, 6.07) is 7.92. The molecule has 3 N–H and O–H groups in total. The Labute approximate surface area is 179 Å². The van der Waals surface area contributed by atoms with Gasteiger partial charge in [0.2, 0.25) is 0 Å². The van der Waals surface area contributed by atoms with E-state index in [1.807, 2.05) is 0 Å². The Bertz CT molecular complexity index is 1080. The third-order valence-electron chi connectivity index (χ3n) is 4.80. The van der Waals surface area contributed by atoms with E-state index in [-0.39, 0.29) is 10.8 Å². The summed E-state index contributed by atoms with van der Waals surface area (Å²) in [6.07, 6.45) is -2.97. The average Bonchev–Trinajstić information content (AvgIpc) is 3.27. The van der Waals surface area contributed by atoms with Crippen molar-refractivity contribution in [2.24, 2.45) is 0 Å². The first-order valence-corrected chi connectivity index (χ1v) is 10.3. The van der Waals surface area contributed by atoms with Gasteiger partial charge in [0.1, 0.15) is 29.0 Å². The minimum absolute atomic E-state index is 0.0235. The van der Waals surface area contributed by atoms with Gasteiger partial charge in [-0.3, -0.25) is 14.7 Å². The zero-order valence-corrected chi connectivity index (χ0v) is 16.9. The van der Waals surface area contributed by atoms with Gasteiger partial charge in [-0.1, -0.05) is 23.7 Å². The third-order valence-corrected chi connectivity index (χ3v) is 6.09. The van der Waals surface area contributed by atoms with E-state index in [1.54, 1.807) is 18.2 Å². The number of aromatic nitrogens is 3. The second-order valence-corrected chi connectivity index (χ2v) is 8.11. The van der Waals surface area contributed by atoms with Crippen LogP contribution in [0.3, 0.4) is 0 Å². The molecule has 3 heterocycles. The maximum Gasteiger partial charge on any atom is 0.269 e. The summed E-state index contributed by atoms with van der Waals surface area (Å²) < 4.78 is 7.03. The van der Waals surface area contributed by atoms with E-state index in [0.29, 0.717) is 16.9 Å². The maximum absolute atomic E-state index is 10.8. The van der Waals surface area contributed by atoms with Crippen LogP contribution in [0.5, 0.6) is 0 Å². The molecule has 158 valence electrons. The molecule has 2 aromatic heterocycles. The van der Waals surface area contributed by atoms with Gasteiger partial charge in [0.15, 0.2) is 11.9 Å². The molecule has 0 amide bonds. The number of ether oxygens (including phenoxy) is 1. The summed E-state index contributed by atoms with van der Waals surface area (Å²) in [7, 11) is 0. The Morgan fingerprint density at radius 1 is 1.27 bits per heavy atom. The van der Waals surface area contributed by atoms with Gasteiger partial charge in [0, 0.05) is 22.8 Å². The molecule has 1 aliphatic heterocycles. The highest BCUT2D eigenvalue weighted by Gasteiger charge is 2.44. The summed E-state index contributed by atoms with van der Waals surface area (Å²) in [6.45, 7) is -0.439. The molecule has 30 heavy (non-hydrogen) atoms. The highest BCUT2D eigenvalue weighted by Crippen LogP contribution is 2.35. The lowest BCUT2D eigenvalue weighted by Crippen LogP contribution is -2.33. The van der Waals surface area contributed by atoms with Crippen molar-refractivity contribution in [2.45, 2.75) is 35.2 Å². The molecule has 1 saturated heterocycles. The molecule has 4 rings (SSSR count). The number of benzene rings is 1. The molecular formula is C18H17ClN4O6S. The Balaban J connectivity index is 1.60. The second kappa shape index (κ2) is 8.46. The molecule has 4 atom stereocenters. The van der Waals surface area contributed by atoms with Gasteiger partial charge < -0.3 is 20.1 Å². The van der Waals surface area contributed by atoms with Crippen LogP contribution in [-0.4, -0.2) is 59.7 Å². The van der Waals surface area contributed by atoms with Crippen LogP contribution in [0.15, 0.2) is 41.6 Å². The number of nitro groups is 1. The number of hydrogen-bond donors (Lipinski definition) is 3. The number of thioether (sulfide) groups is 1. The van der Waals surface area contributed by atoms with Crippen LogP contribution >= 0.6 is 23.4 Å². The number of nitrogens with zero attached hydrogens (tertiary/aromatic N) is 4. The lowest BCUT2D eigenvalue weighted by molar-refractivity contribution is -0.384. The fraction of sp³-hybridized carbons (Fsp3) is 0.333. The molecule has 0 saturated carbocycles. The number of non-ortho nitro benzene ring substituents is 1. The van der Waals surface area contributed by atoms with E-state index < -0.39 is 36.1 Å². The van der Waals surface area contributed by atoms with Crippen LogP contribution < -0.4 is 0 Å². The van der Waals surface area contributed by atoms with Gasteiger partial charge in [0.05, 0.1) is 17.9 Å². The Kier molecular flexibility index (Phi) is 5.91. The smallest absolute Gasteiger partial charge is 0.269 e. The van der Waals surface area contributed by atoms with Crippen molar-refractivity contribution in [1.82, 2.24) is 14.5 Å². The number of aliphatic hydroxyl groups is 3. The molecule has 3 aromatic rings. The third kappa shape index (κ3) is 3.87. The number of halogens is 1. The van der Waals surface area contributed by atoms with Crippen molar-refractivity contribution in [3.8, 4) is 0 Å². The lowest BCUT2D eigenvalue weighted by Gasteiger charge is -2.16. The number of pyridine rings is 1. The number of aliphatic hydroxyl groups excluding tert-OH is 3. The van der Waals surface area contributed by atoms with E-state index in [0.717, 1.165) is 10.5 Å². The molecule has 1 aromatic carbocycles. The Morgan fingerprint density at radius 2 is 2.00 bits per heavy atom. The quantitative estimate of drug-likeness (QED) is 0.221. The standard InChI is InChI=1S/C18H17ClN4O6S/c19-13-5-12(30-7-9-1-3-10(4-2-9)23(27)28)14-17(21-13)22(8-20-14)18-16(26)15(25)11(6-24)29-18/h1-5,8,11,15-16,18,24-26H,6-7H2. The van der Waals surface area contributed by atoms with E-state index in [9.17, 15) is 25.4 Å². The summed E-state index contributed by atoms with van der Waals surface area (Å²) in [4.78, 5) is 19.7. The predicted molar refractivity (Wildman–Crippen MR) is 108 cm³/mol. The highest BCUT2D eigenvalue weighted by atomic mass is 35.5. The molecule has 0 bridgehead atoms. The van der Waals surface area contributed by atoms with Crippen molar-refractivity contribution in [2.75, 3.05) is 6.61 Å². The molecular weight excluding hydrogens is 436 g/mol. The summed E-state index contributed by atoms with van der Waals surface area (Å²) in [5, 5.41) is 40.6. The molecule has 0 radical (unpaired) electrons. The Hall–Kier alpha value is -2.28. The van der Waals surface area contributed by atoms with E-state index >= 15 is 0 Å². The first-order chi connectivity index (χ1) is 14.4. The van der Waals surface area contributed by atoms with Crippen molar-refractivity contribution in [3.05, 3.63) is 57.5 Å². The van der Waals surface area contributed by atoms with Gasteiger partial charge in [-0.25, -0.2) is 9.97 Å². The van der Waals surface area contributed by atoms with E-state index in [4.69, 9.17) is 16.3 Å². The minimum Gasteiger partial charge on any atom is -0.394 e. The number of hydrogen-bond acceptors (Lipinski definition) is 9. The van der Waals surface area contributed by atoms with Crippen LogP contribution in [0.25, 0.3) is 11.2 Å². The molecule has 12 heteroatoms. The molecule has 10 nitrogen and oxygen atoms in total. The van der Waals surface area contributed by atoms with Crippen molar-refractivity contribution < 1.29 is 25.0 Å². The first-order valence-electron chi connectivity index (χ1n) is 8.90. The van der Waals surface area contributed by atoms with Gasteiger partial charge in [-0.15, -0.1) is 11.8 Å². The topological polar surface area (TPSA) is 144 Å². The summed E-state index contributed by atoms with van der Waals surface area (Å²) in [5.41, 5.74) is 1.80. The fourth-order valence-electron chi connectivity index (χ4n) is 3.23. The average molecular weight is 453 g/mol. The van der Waals surface area contributed by atoms with Crippen LogP contribution in [0, 0.1) is 10.1 Å². The van der Waals surface area contributed by atoms with Crippen LogP contribution in [0.1, 0.15) is 11.8 Å². The zero-order chi connectivity index (χ0) is 21.4. The normalized spacial score (nSPS) is 23.9. The summed E-state index contributed by atoms with van der Waals surface area (Å²) in [5.74, 6) is 0.522. The number of nitro benzene ring substituents is 1. The minimum atomic E-state index is -1.27. The molecule has 0 spiro atoms. The van der Waals surface area contributed by atoms with Gasteiger partial charge in [-0.2, -0.15) is 0 Å². The van der Waals surface area contributed by atoms with Crippen LogP contribution in [0.4, 0.5) is 5.69 Å². The van der Waals surface area contributed by atoms with Crippen LogP contribution in [-0.2, 0) is 10.5 Å². The number of rotatable bonds is 6. The van der Waals surface area contributed by atoms with Gasteiger partial charge in [-0.05, 0) is 11.6 Å². The number of imidazole rings is 1. The largest absolute Gasteiger partial charge is 0.394 e. The Morgan fingerprint density at radius 3 is 2.63 bits per heavy atom. The molecule has 0 aliphatic carbocycles. The maximum atomic E-state index is 10.8. The second-order valence-electron chi connectivity index (χ2n) is 6.71. The zero-order valence-electron chi connectivity index (χ0n) is 15.3. The first kappa shape index (κ1) is 21.0. The summed E-state index contributed by atoms with van der Waals surface area (Å²) >= 11 is 7.62. The van der Waals surface area contributed by atoms with E-state index in [1.165, 1.54) is 34.8 Å². The monoisotopic (exact) mass is 452 g/mol. The predicted octanol–water partition coefficient (Wildman–Crippen LogP) is 1.90. The van der Waals surface area contributed by atoms with Crippen molar-refractivity contribution >= 4 is 40.2 Å². The van der Waals surface area contributed by atoms with E-state index in [2.05, 4.69) is 9.97 Å². The molecule has 4 unspecified atom stereocenters. The molecule has 1 aliphatic rings. The fourth-order valence-corrected chi connectivity index (χ4v) is 4.47. The number of fused-ring (bicyclic) bond motifs is 1. The SMILES string of the molecule is O=[N+]([O-])c1ccc(CSc2cc(Cl)nc3c2ncn3C2OC(CO)C(O)C2O)cc1. The van der Waals surface area contributed by atoms with Gasteiger partial charge in [0.25, 0.3) is 5.69 Å². The van der Waals surface area contributed by atoms with Crippen molar-refractivity contribution in [3.63, 3.8) is 0 Å². The van der Waals surface area contributed by atoms with Crippen molar-refractivity contribution in [1.29, 1.82) is 0 Å². The van der Waals surface area contributed by atoms with Crippen LogP contribution in [0.2, 0.25) is 5.15 Å². The van der Waals surface area contributed by atoms with Gasteiger partial charge >= 0.3 is 0 Å². The molecule has 1 fully saturated rings.